The van der Waals surface area contributed by atoms with E-state index >= 15 is 0 Å². The van der Waals surface area contributed by atoms with Crippen molar-refractivity contribution in [3.05, 3.63) is 47.0 Å². The predicted molar refractivity (Wildman–Crippen MR) is 104 cm³/mol. The van der Waals surface area contributed by atoms with Gasteiger partial charge in [0.25, 0.3) is 0 Å². The molecule has 3 aromatic rings. The van der Waals surface area contributed by atoms with Crippen LogP contribution in [0.15, 0.2) is 41.3 Å². The molecule has 142 valence electrons. The van der Waals surface area contributed by atoms with E-state index in [0.29, 0.717) is 34.9 Å². The Morgan fingerprint density at radius 2 is 1.85 bits per heavy atom. The second-order valence-corrected chi connectivity index (χ2v) is 6.21. The Balaban J connectivity index is 1.83. The van der Waals surface area contributed by atoms with E-state index in [4.69, 9.17) is 16.2 Å². The summed E-state index contributed by atoms with van der Waals surface area (Å²) >= 11 is 0. The summed E-state index contributed by atoms with van der Waals surface area (Å²) in [5.41, 5.74) is 13.3. The van der Waals surface area contributed by atoms with Crippen LogP contribution >= 0.6 is 0 Å². The van der Waals surface area contributed by atoms with Crippen LogP contribution in [0.5, 0.6) is 5.75 Å². The predicted octanol–water partition coefficient (Wildman–Crippen LogP) is 1.18. The number of rotatable bonds is 6. The fourth-order valence-corrected chi connectivity index (χ4v) is 2.72. The van der Waals surface area contributed by atoms with E-state index < -0.39 is 0 Å². The van der Waals surface area contributed by atoms with E-state index in [0.717, 1.165) is 0 Å². The van der Waals surface area contributed by atoms with Crippen molar-refractivity contribution in [1.82, 2.24) is 19.4 Å². The van der Waals surface area contributed by atoms with Gasteiger partial charge < -0.3 is 26.1 Å². The molecule has 0 radical (unpaired) electrons. The molecule has 0 saturated carbocycles. The summed E-state index contributed by atoms with van der Waals surface area (Å²) in [7, 11) is 3.40. The molecule has 2 heterocycles. The van der Waals surface area contributed by atoms with Crippen molar-refractivity contribution >= 4 is 17.5 Å². The normalized spacial score (nSPS) is 10.7. The number of hydrogen-bond acceptors (Lipinski definition) is 5. The van der Waals surface area contributed by atoms with Crippen molar-refractivity contribution in [3.8, 4) is 22.7 Å². The lowest BCUT2D eigenvalue weighted by molar-refractivity contribution is -0.129. The third kappa shape index (κ3) is 3.66. The van der Waals surface area contributed by atoms with Crippen LogP contribution in [0.1, 0.15) is 6.42 Å². The van der Waals surface area contributed by atoms with Gasteiger partial charge in [0, 0.05) is 25.9 Å². The molecule has 1 amide bonds. The van der Waals surface area contributed by atoms with Crippen molar-refractivity contribution in [2.45, 2.75) is 6.42 Å². The molecule has 27 heavy (non-hydrogen) atoms. The molecule has 0 aliphatic carbocycles. The molecule has 9 nitrogen and oxygen atoms in total. The maximum absolute atomic E-state index is 12.4. The number of benzene rings is 1. The van der Waals surface area contributed by atoms with Gasteiger partial charge in [0.2, 0.25) is 5.91 Å². The highest BCUT2D eigenvalue weighted by atomic mass is 16.5. The van der Waals surface area contributed by atoms with Gasteiger partial charge in [0.1, 0.15) is 23.1 Å². The molecule has 2 aromatic heterocycles. The Bertz CT molecular complexity index is 997. The smallest absolute Gasteiger partial charge is 0.332 e. The van der Waals surface area contributed by atoms with Crippen molar-refractivity contribution < 1.29 is 9.53 Å². The molecule has 0 unspecified atom stereocenters. The topological polar surface area (TPSA) is 135 Å². The average Bonchev–Trinajstić information content (AvgIpc) is 3.17. The summed E-state index contributed by atoms with van der Waals surface area (Å²) in [6.07, 6.45) is 1.97. The number of aromatic nitrogens is 3. The van der Waals surface area contributed by atoms with Crippen molar-refractivity contribution in [1.29, 1.82) is 0 Å². The summed E-state index contributed by atoms with van der Waals surface area (Å²) < 4.78 is 7.03. The molecule has 0 atom stereocenters. The molecule has 0 spiro atoms. The molecule has 9 heteroatoms. The monoisotopic (exact) mass is 370 g/mol. The number of nitrogens with zero attached hydrogens (tertiary/aromatic N) is 2. The van der Waals surface area contributed by atoms with E-state index in [1.807, 2.05) is 0 Å². The summed E-state index contributed by atoms with van der Waals surface area (Å²) in [4.78, 5) is 30.9. The van der Waals surface area contributed by atoms with Gasteiger partial charge in [-0.05, 0) is 30.3 Å². The highest BCUT2D eigenvalue weighted by molar-refractivity contribution is 5.80. The average molecular weight is 370 g/mol. The number of H-pyrrole nitrogens is 2. The molecule has 0 aliphatic heterocycles. The third-order valence-corrected chi connectivity index (χ3v) is 4.14. The second kappa shape index (κ2) is 7.32. The van der Waals surface area contributed by atoms with Crippen molar-refractivity contribution in [2.24, 2.45) is 0 Å². The lowest BCUT2D eigenvalue weighted by Crippen LogP contribution is -2.23. The van der Waals surface area contributed by atoms with E-state index in [2.05, 4.69) is 9.97 Å². The minimum absolute atomic E-state index is 0.00490. The number of carbonyl (C=O) groups excluding carboxylic acids is 1. The van der Waals surface area contributed by atoms with Gasteiger partial charge >= 0.3 is 5.69 Å². The Kier molecular flexibility index (Phi) is 4.93. The van der Waals surface area contributed by atoms with Crippen LogP contribution in [-0.4, -0.2) is 46.0 Å². The number of anilines is 2. The molecule has 0 aliphatic rings. The number of ether oxygens (including phenoxy) is 1. The van der Waals surface area contributed by atoms with Crippen molar-refractivity contribution in [3.63, 3.8) is 0 Å². The van der Waals surface area contributed by atoms with Crippen molar-refractivity contribution in [2.75, 3.05) is 32.2 Å². The van der Waals surface area contributed by atoms with E-state index in [-0.39, 0.29) is 24.0 Å². The first-order chi connectivity index (χ1) is 12.9. The molecule has 6 N–H and O–H groups in total. The van der Waals surface area contributed by atoms with Crippen LogP contribution in [0.3, 0.4) is 0 Å². The zero-order valence-electron chi connectivity index (χ0n) is 15.2. The quantitative estimate of drug-likeness (QED) is 0.517. The number of aromatic amines is 2. The zero-order valence-corrected chi connectivity index (χ0v) is 15.2. The number of imidazole rings is 1. The number of hydrogen-bond donors (Lipinski definition) is 4. The van der Waals surface area contributed by atoms with E-state index in [9.17, 15) is 9.59 Å². The number of carbonyl (C=O) groups is 1. The molecule has 1 aromatic carbocycles. The lowest BCUT2D eigenvalue weighted by Gasteiger charge is -2.12. The summed E-state index contributed by atoms with van der Waals surface area (Å²) in [6, 6.07) is 8.70. The number of amides is 1. The minimum atomic E-state index is -0.367. The highest BCUT2D eigenvalue weighted by Gasteiger charge is 2.18. The van der Waals surface area contributed by atoms with Gasteiger partial charge in [0.15, 0.2) is 0 Å². The fraction of sp³-hybridized carbons (Fsp3) is 0.222. The molecular formula is C18H22N6O3. The standard InChI is InChI=1S/C18H22N6O3/c1-23(2)14(25)8-10-27-12-5-3-11(4-6-12)24-15(17(20)22-18(24)26)13-7-9-21-16(13)19/h3-7,9,21H,8,10,19-20H2,1-2H3,(H,22,26). The first-order valence-corrected chi connectivity index (χ1v) is 8.35. The lowest BCUT2D eigenvalue weighted by atomic mass is 10.2. The first kappa shape index (κ1) is 18.2. The Morgan fingerprint density at radius 3 is 2.44 bits per heavy atom. The maximum Gasteiger partial charge on any atom is 0.332 e. The first-order valence-electron chi connectivity index (χ1n) is 8.35. The van der Waals surface area contributed by atoms with Crippen LogP contribution < -0.4 is 21.9 Å². The fourth-order valence-electron chi connectivity index (χ4n) is 2.72. The summed E-state index contributed by atoms with van der Waals surface area (Å²) in [5, 5.41) is 0. The molecule has 0 bridgehead atoms. The molecular weight excluding hydrogens is 348 g/mol. The number of nitrogens with one attached hydrogen (secondary N) is 2. The van der Waals surface area contributed by atoms with Crippen LogP contribution in [0.2, 0.25) is 0 Å². The highest BCUT2D eigenvalue weighted by Crippen LogP contribution is 2.30. The largest absolute Gasteiger partial charge is 0.493 e. The third-order valence-electron chi connectivity index (χ3n) is 4.14. The van der Waals surface area contributed by atoms with Crippen LogP contribution in [0, 0.1) is 0 Å². The van der Waals surface area contributed by atoms with E-state index in [1.54, 1.807) is 50.6 Å². The van der Waals surface area contributed by atoms with Crippen LogP contribution in [0.4, 0.5) is 11.6 Å². The van der Waals surface area contributed by atoms with Gasteiger partial charge in [-0.2, -0.15) is 0 Å². The van der Waals surface area contributed by atoms with Crippen LogP contribution in [0.25, 0.3) is 16.9 Å². The Morgan fingerprint density at radius 1 is 1.15 bits per heavy atom. The minimum Gasteiger partial charge on any atom is -0.493 e. The molecule has 3 rings (SSSR count). The van der Waals surface area contributed by atoms with Gasteiger partial charge in [-0.3, -0.25) is 14.3 Å². The SMILES string of the molecule is CN(C)C(=O)CCOc1ccc(-n2c(-c3cc[nH]c3N)c(N)[nH]c2=O)cc1. The van der Waals surface area contributed by atoms with Crippen LogP contribution in [-0.2, 0) is 4.79 Å². The van der Waals surface area contributed by atoms with Gasteiger partial charge in [-0.1, -0.05) is 0 Å². The van der Waals surface area contributed by atoms with E-state index in [1.165, 1.54) is 9.47 Å². The summed E-state index contributed by atoms with van der Waals surface area (Å²) in [5.74, 6) is 1.24. The Labute approximate surface area is 155 Å². The number of nitrogens with two attached hydrogens (primary N) is 2. The van der Waals surface area contributed by atoms with Gasteiger partial charge in [-0.25, -0.2) is 4.79 Å². The Hall–Kier alpha value is -3.62. The molecule has 0 fully saturated rings. The number of nitrogen functional groups attached to an aromatic ring is 2. The maximum atomic E-state index is 12.4. The summed E-state index contributed by atoms with van der Waals surface area (Å²) in [6.45, 7) is 0.276. The van der Waals surface area contributed by atoms with Gasteiger partial charge in [0.05, 0.1) is 18.7 Å². The second-order valence-electron chi connectivity index (χ2n) is 6.21. The van der Waals surface area contributed by atoms with Gasteiger partial charge in [-0.15, -0.1) is 0 Å². The zero-order chi connectivity index (χ0) is 19.6. The molecule has 0 saturated heterocycles.